The maximum absolute atomic E-state index is 5.84. The number of nitrogens with zero attached hydrogens (tertiary/aromatic N) is 2. The van der Waals surface area contributed by atoms with Crippen LogP contribution in [0.25, 0.3) is 0 Å². The standard InChI is InChI=1S/C16H23N3O/c1-11(2)19-10-16(9-18-19)20-15-6-5-14(8-13(4)17)12(3)7-15/h5-7,9-11,13H,8,17H2,1-4H3. The number of hydrogen-bond acceptors (Lipinski definition) is 3. The molecule has 1 atom stereocenters. The minimum Gasteiger partial charge on any atom is -0.454 e. The van der Waals surface area contributed by atoms with E-state index in [1.807, 2.05) is 29.9 Å². The first-order chi connectivity index (χ1) is 9.45. The van der Waals surface area contributed by atoms with Crippen molar-refractivity contribution in [1.82, 2.24) is 9.78 Å². The second kappa shape index (κ2) is 6.09. The van der Waals surface area contributed by atoms with Gasteiger partial charge in [0.25, 0.3) is 0 Å². The minimum atomic E-state index is 0.171. The Morgan fingerprint density at radius 1 is 1.25 bits per heavy atom. The lowest BCUT2D eigenvalue weighted by atomic mass is 10.0. The Labute approximate surface area is 120 Å². The van der Waals surface area contributed by atoms with Crippen LogP contribution in [0.2, 0.25) is 0 Å². The Kier molecular flexibility index (Phi) is 4.45. The highest BCUT2D eigenvalue weighted by atomic mass is 16.5. The van der Waals surface area contributed by atoms with Gasteiger partial charge in [-0.1, -0.05) is 6.07 Å². The van der Waals surface area contributed by atoms with Gasteiger partial charge < -0.3 is 10.5 Å². The van der Waals surface area contributed by atoms with Crippen LogP contribution in [0.5, 0.6) is 11.5 Å². The van der Waals surface area contributed by atoms with Crippen LogP contribution in [0.1, 0.15) is 37.9 Å². The molecule has 0 amide bonds. The Balaban J connectivity index is 2.11. The van der Waals surface area contributed by atoms with Gasteiger partial charge in [-0.05, 0) is 57.4 Å². The van der Waals surface area contributed by atoms with Crippen molar-refractivity contribution in [3.05, 3.63) is 41.7 Å². The van der Waals surface area contributed by atoms with Gasteiger partial charge in [0.15, 0.2) is 5.75 Å². The van der Waals surface area contributed by atoms with Crippen molar-refractivity contribution in [2.75, 3.05) is 0 Å². The lowest BCUT2D eigenvalue weighted by molar-refractivity contribution is 0.476. The second-order valence-corrected chi connectivity index (χ2v) is 5.62. The SMILES string of the molecule is Cc1cc(Oc2cnn(C(C)C)c2)ccc1CC(C)N. The minimum absolute atomic E-state index is 0.171. The van der Waals surface area contributed by atoms with Crippen LogP contribution in [0.4, 0.5) is 0 Å². The molecule has 20 heavy (non-hydrogen) atoms. The molecule has 0 aliphatic heterocycles. The van der Waals surface area contributed by atoms with E-state index in [-0.39, 0.29) is 6.04 Å². The smallest absolute Gasteiger partial charge is 0.165 e. The zero-order valence-electron chi connectivity index (χ0n) is 12.6. The van der Waals surface area contributed by atoms with Crippen molar-refractivity contribution in [2.24, 2.45) is 5.73 Å². The van der Waals surface area contributed by atoms with E-state index in [1.165, 1.54) is 11.1 Å². The predicted octanol–water partition coefficient (Wildman–Crippen LogP) is 3.45. The van der Waals surface area contributed by atoms with Crippen LogP contribution in [-0.4, -0.2) is 15.8 Å². The lowest BCUT2D eigenvalue weighted by Gasteiger charge is -2.11. The molecule has 2 rings (SSSR count). The quantitative estimate of drug-likeness (QED) is 0.907. The van der Waals surface area contributed by atoms with Crippen molar-refractivity contribution >= 4 is 0 Å². The fourth-order valence-electron chi connectivity index (χ4n) is 2.10. The molecule has 4 heteroatoms. The molecule has 0 saturated heterocycles. The highest BCUT2D eigenvalue weighted by molar-refractivity contribution is 5.37. The summed E-state index contributed by atoms with van der Waals surface area (Å²) in [6.45, 7) is 8.28. The Bertz CT molecular complexity index is 573. The van der Waals surface area contributed by atoms with E-state index in [0.29, 0.717) is 6.04 Å². The first kappa shape index (κ1) is 14.6. The number of rotatable bonds is 5. The van der Waals surface area contributed by atoms with Crippen LogP contribution in [0.15, 0.2) is 30.6 Å². The van der Waals surface area contributed by atoms with Gasteiger partial charge >= 0.3 is 0 Å². The number of ether oxygens (including phenoxy) is 1. The van der Waals surface area contributed by atoms with Crippen molar-refractivity contribution in [3.63, 3.8) is 0 Å². The average Bonchev–Trinajstić information content (AvgIpc) is 2.81. The van der Waals surface area contributed by atoms with E-state index in [9.17, 15) is 0 Å². The van der Waals surface area contributed by atoms with E-state index in [1.54, 1.807) is 6.20 Å². The van der Waals surface area contributed by atoms with Crippen LogP contribution in [0, 0.1) is 6.92 Å². The van der Waals surface area contributed by atoms with Gasteiger partial charge in [0, 0.05) is 12.1 Å². The lowest BCUT2D eigenvalue weighted by Crippen LogP contribution is -2.18. The Morgan fingerprint density at radius 2 is 2.00 bits per heavy atom. The Morgan fingerprint density at radius 3 is 2.55 bits per heavy atom. The molecule has 0 fully saturated rings. The predicted molar refractivity (Wildman–Crippen MR) is 81.2 cm³/mol. The highest BCUT2D eigenvalue weighted by Crippen LogP contribution is 2.24. The topological polar surface area (TPSA) is 53.1 Å². The average molecular weight is 273 g/mol. The summed E-state index contributed by atoms with van der Waals surface area (Å²) in [7, 11) is 0. The van der Waals surface area contributed by atoms with Crippen LogP contribution < -0.4 is 10.5 Å². The van der Waals surface area contributed by atoms with Gasteiger partial charge in [-0.2, -0.15) is 5.10 Å². The molecule has 1 aromatic carbocycles. The summed E-state index contributed by atoms with van der Waals surface area (Å²) in [5.74, 6) is 1.59. The van der Waals surface area contributed by atoms with Crippen molar-refractivity contribution in [3.8, 4) is 11.5 Å². The molecule has 1 unspecified atom stereocenters. The van der Waals surface area contributed by atoms with Gasteiger partial charge in [-0.25, -0.2) is 0 Å². The summed E-state index contributed by atoms with van der Waals surface area (Å²) in [6.07, 6.45) is 4.54. The number of benzene rings is 1. The largest absolute Gasteiger partial charge is 0.454 e. The monoisotopic (exact) mass is 273 g/mol. The molecule has 2 N–H and O–H groups in total. The summed E-state index contributed by atoms with van der Waals surface area (Å²) < 4.78 is 7.72. The molecule has 0 aliphatic rings. The third-order valence-electron chi connectivity index (χ3n) is 3.20. The molecule has 4 nitrogen and oxygen atoms in total. The molecule has 108 valence electrons. The molecule has 1 heterocycles. The van der Waals surface area contributed by atoms with Gasteiger partial charge in [-0.15, -0.1) is 0 Å². The Hall–Kier alpha value is -1.81. The van der Waals surface area contributed by atoms with Gasteiger partial charge in [0.05, 0.1) is 12.4 Å². The molecule has 0 radical (unpaired) electrons. The summed E-state index contributed by atoms with van der Waals surface area (Å²) in [6, 6.07) is 6.62. The third-order valence-corrected chi connectivity index (χ3v) is 3.20. The molecule has 0 bridgehead atoms. The van der Waals surface area contributed by atoms with Crippen molar-refractivity contribution in [1.29, 1.82) is 0 Å². The summed E-state index contributed by atoms with van der Waals surface area (Å²) in [5.41, 5.74) is 8.32. The van der Waals surface area contributed by atoms with Crippen LogP contribution in [-0.2, 0) is 6.42 Å². The molecule has 0 spiro atoms. The van der Waals surface area contributed by atoms with E-state index < -0.39 is 0 Å². The normalized spacial score (nSPS) is 12.7. The zero-order valence-corrected chi connectivity index (χ0v) is 12.6. The van der Waals surface area contributed by atoms with E-state index in [2.05, 4.69) is 31.9 Å². The maximum Gasteiger partial charge on any atom is 0.165 e. The van der Waals surface area contributed by atoms with Crippen LogP contribution in [0.3, 0.4) is 0 Å². The molecular formula is C16H23N3O. The molecule has 1 aromatic heterocycles. The number of aryl methyl sites for hydroxylation is 1. The van der Waals surface area contributed by atoms with Gasteiger partial charge in [0.2, 0.25) is 0 Å². The number of nitrogens with two attached hydrogens (primary N) is 1. The molecule has 0 saturated carbocycles. The molecule has 2 aromatic rings. The van der Waals surface area contributed by atoms with E-state index >= 15 is 0 Å². The van der Waals surface area contributed by atoms with Crippen molar-refractivity contribution < 1.29 is 4.74 Å². The maximum atomic E-state index is 5.84. The van der Waals surface area contributed by atoms with Crippen LogP contribution >= 0.6 is 0 Å². The molecular weight excluding hydrogens is 250 g/mol. The number of aromatic nitrogens is 2. The summed E-state index contributed by atoms with van der Waals surface area (Å²) >= 11 is 0. The zero-order chi connectivity index (χ0) is 14.7. The van der Waals surface area contributed by atoms with Gasteiger partial charge in [0.1, 0.15) is 5.75 Å². The fraction of sp³-hybridized carbons (Fsp3) is 0.438. The van der Waals surface area contributed by atoms with E-state index in [0.717, 1.165) is 17.9 Å². The first-order valence-electron chi connectivity index (χ1n) is 7.03. The highest BCUT2D eigenvalue weighted by Gasteiger charge is 2.06. The number of hydrogen-bond donors (Lipinski definition) is 1. The summed E-state index contributed by atoms with van der Waals surface area (Å²) in [4.78, 5) is 0. The third kappa shape index (κ3) is 3.61. The second-order valence-electron chi connectivity index (χ2n) is 5.62. The first-order valence-corrected chi connectivity index (χ1v) is 7.03. The summed E-state index contributed by atoms with van der Waals surface area (Å²) in [5, 5.41) is 4.27. The van der Waals surface area contributed by atoms with Crippen molar-refractivity contribution in [2.45, 2.75) is 46.2 Å². The fourth-order valence-corrected chi connectivity index (χ4v) is 2.10. The van der Waals surface area contributed by atoms with Gasteiger partial charge in [-0.3, -0.25) is 4.68 Å². The van der Waals surface area contributed by atoms with E-state index in [4.69, 9.17) is 10.5 Å². The molecule has 0 aliphatic carbocycles.